The monoisotopic (exact) mass is 294 g/mol. The molecule has 0 bridgehead atoms. The third-order valence-electron chi connectivity index (χ3n) is 2.82. The van der Waals surface area contributed by atoms with Crippen molar-refractivity contribution in [3.05, 3.63) is 29.3 Å². The second-order valence-corrected chi connectivity index (χ2v) is 5.98. The first-order chi connectivity index (χ1) is 9.60. The third-order valence-corrected chi connectivity index (χ3v) is 3.70. The molecule has 108 valence electrons. The van der Waals surface area contributed by atoms with Gasteiger partial charge in [-0.25, -0.2) is 0 Å². The van der Waals surface area contributed by atoms with Crippen molar-refractivity contribution in [2.45, 2.75) is 26.3 Å². The highest BCUT2D eigenvalue weighted by atomic mass is 32.1. The van der Waals surface area contributed by atoms with E-state index >= 15 is 0 Å². The fourth-order valence-electron chi connectivity index (χ4n) is 1.92. The molecule has 20 heavy (non-hydrogen) atoms. The topological polar surface area (TPSA) is 75.4 Å². The molecule has 0 aliphatic heterocycles. The van der Waals surface area contributed by atoms with Gasteiger partial charge in [0.05, 0.1) is 17.5 Å². The minimum absolute atomic E-state index is 0.0838. The summed E-state index contributed by atoms with van der Waals surface area (Å²) in [5.41, 5.74) is 0.232. The highest BCUT2D eigenvalue weighted by Crippen LogP contribution is 2.25. The molecule has 6 heteroatoms. The number of amides is 1. The van der Waals surface area contributed by atoms with Gasteiger partial charge in [0.1, 0.15) is 0 Å². The normalized spacial score (nSPS) is 12.6. The Kier molecular flexibility index (Phi) is 4.92. The summed E-state index contributed by atoms with van der Waals surface area (Å²) in [5.74, 6) is 0.650. The summed E-state index contributed by atoms with van der Waals surface area (Å²) in [7, 11) is 0. The molecule has 2 heterocycles. The Bertz CT molecular complexity index is 549. The predicted octanol–water partition coefficient (Wildman–Crippen LogP) is 2.54. The molecule has 0 aliphatic carbocycles. The van der Waals surface area contributed by atoms with Crippen LogP contribution in [0.25, 0.3) is 10.6 Å². The average molecular weight is 294 g/mol. The van der Waals surface area contributed by atoms with Gasteiger partial charge in [-0.05, 0) is 23.8 Å². The standard InChI is InChI=1S/C14H18N2O3S/c1-9(2)6-10(8-17)15-14(18)11-7-12(19-16-11)13-4-3-5-20-13/h3-5,7,9-10,17H,6,8H2,1-2H3,(H,15,18). The van der Waals surface area contributed by atoms with E-state index in [2.05, 4.69) is 10.5 Å². The Labute approximate surface area is 121 Å². The SMILES string of the molecule is CC(C)CC(CO)NC(=O)c1cc(-c2cccs2)on1. The molecule has 0 aliphatic rings. The van der Waals surface area contributed by atoms with E-state index in [1.165, 1.54) is 11.3 Å². The van der Waals surface area contributed by atoms with E-state index in [-0.39, 0.29) is 24.2 Å². The Balaban J connectivity index is 2.02. The minimum atomic E-state index is -0.323. The molecule has 2 aromatic rings. The number of hydrogen-bond acceptors (Lipinski definition) is 5. The molecule has 0 saturated carbocycles. The molecule has 1 atom stereocenters. The molecule has 2 rings (SSSR count). The fourth-order valence-corrected chi connectivity index (χ4v) is 2.60. The van der Waals surface area contributed by atoms with Crippen molar-refractivity contribution in [3.63, 3.8) is 0 Å². The van der Waals surface area contributed by atoms with Crippen molar-refractivity contribution in [3.8, 4) is 10.6 Å². The smallest absolute Gasteiger partial charge is 0.273 e. The summed E-state index contributed by atoms with van der Waals surface area (Å²) in [6.07, 6.45) is 0.720. The highest BCUT2D eigenvalue weighted by molar-refractivity contribution is 7.13. The molecule has 0 radical (unpaired) electrons. The van der Waals surface area contributed by atoms with Gasteiger partial charge in [-0.15, -0.1) is 11.3 Å². The number of thiophene rings is 1. The van der Waals surface area contributed by atoms with Crippen LogP contribution in [-0.4, -0.2) is 28.8 Å². The van der Waals surface area contributed by atoms with Gasteiger partial charge in [-0.3, -0.25) is 4.79 Å². The van der Waals surface area contributed by atoms with Crippen molar-refractivity contribution >= 4 is 17.2 Å². The van der Waals surface area contributed by atoms with Gasteiger partial charge in [-0.1, -0.05) is 25.1 Å². The van der Waals surface area contributed by atoms with Gasteiger partial charge >= 0.3 is 0 Å². The van der Waals surface area contributed by atoms with Gasteiger partial charge in [-0.2, -0.15) is 0 Å². The molecular formula is C14H18N2O3S. The first-order valence-corrected chi connectivity index (χ1v) is 7.40. The van der Waals surface area contributed by atoms with Crippen molar-refractivity contribution in [2.75, 3.05) is 6.61 Å². The van der Waals surface area contributed by atoms with Crippen LogP contribution in [0, 0.1) is 5.92 Å². The number of aliphatic hydroxyl groups excluding tert-OH is 1. The first kappa shape index (κ1) is 14.7. The van der Waals surface area contributed by atoms with Gasteiger partial charge < -0.3 is 14.9 Å². The van der Waals surface area contributed by atoms with E-state index in [9.17, 15) is 9.90 Å². The molecule has 1 unspecified atom stereocenters. The fraction of sp³-hybridized carbons (Fsp3) is 0.429. The second-order valence-electron chi connectivity index (χ2n) is 5.04. The lowest BCUT2D eigenvalue weighted by molar-refractivity contribution is 0.0899. The number of aromatic nitrogens is 1. The molecule has 2 N–H and O–H groups in total. The molecule has 5 nitrogen and oxygen atoms in total. The van der Waals surface area contributed by atoms with E-state index in [0.717, 1.165) is 11.3 Å². The molecular weight excluding hydrogens is 276 g/mol. The van der Waals surface area contributed by atoms with Crippen molar-refractivity contribution in [1.29, 1.82) is 0 Å². The van der Waals surface area contributed by atoms with Gasteiger partial charge in [0.2, 0.25) is 0 Å². The summed E-state index contributed by atoms with van der Waals surface area (Å²) in [4.78, 5) is 13.0. The molecule has 0 saturated heterocycles. The molecule has 0 aromatic carbocycles. The maximum atomic E-state index is 12.0. The zero-order valence-corrected chi connectivity index (χ0v) is 12.3. The van der Waals surface area contributed by atoms with E-state index in [1.807, 2.05) is 31.4 Å². The minimum Gasteiger partial charge on any atom is -0.394 e. The van der Waals surface area contributed by atoms with Crippen LogP contribution < -0.4 is 5.32 Å². The lowest BCUT2D eigenvalue weighted by atomic mass is 10.0. The van der Waals surface area contributed by atoms with Gasteiger partial charge in [0, 0.05) is 6.07 Å². The Morgan fingerprint density at radius 3 is 2.95 bits per heavy atom. The lowest BCUT2D eigenvalue weighted by Gasteiger charge is -2.17. The number of nitrogens with one attached hydrogen (secondary N) is 1. The summed E-state index contributed by atoms with van der Waals surface area (Å²) in [5, 5.41) is 17.7. The van der Waals surface area contributed by atoms with Gasteiger partial charge in [0.25, 0.3) is 5.91 Å². The summed E-state index contributed by atoms with van der Waals surface area (Å²) >= 11 is 1.52. The van der Waals surface area contributed by atoms with Crippen molar-refractivity contribution < 1.29 is 14.4 Å². The average Bonchev–Trinajstić information content (AvgIpc) is 3.07. The molecule has 2 aromatic heterocycles. The Hall–Kier alpha value is -1.66. The molecule has 0 fully saturated rings. The number of nitrogens with zero attached hydrogens (tertiary/aromatic N) is 1. The first-order valence-electron chi connectivity index (χ1n) is 6.52. The molecule has 0 spiro atoms. The van der Waals surface area contributed by atoms with Crippen LogP contribution in [0.5, 0.6) is 0 Å². The number of hydrogen-bond donors (Lipinski definition) is 2. The third kappa shape index (κ3) is 3.68. The Morgan fingerprint density at radius 2 is 2.35 bits per heavy atom. The number of rotatable bonds is 6. The summed E-state index contributed by atoms with van der Waals surface area (Å²) < 4.78 is 5.16. The van der Waals surface area contributed by atoms with Crippen LogP contribution >= 0.6 is 11.3 Å². The maximum Gasteiger partial charge on any atom is 0.273 e. The van der Waals surface area contributed by atoms with Crippen LogP contribution in [0.1, 0.15) is 30.8 Å². The summed E-state index contributed by atoms with van der Waals surface area (Å²) in [6.45, 7) is 4.00. The highest BCUT2D eigenvalue weighted by Gasteiger charge is 2.18. The largest absolute Gasteiger partial charge is 0.394 e. The second kappa shape index (κ2) is 6.67. The summed E-state index contributed by atoms with van der Waals surface area (Å²) in [6, 6.07) is 5.17. The van der Waals surface area contributed by atoms with E-state index < -0.39 is 0 Å². The van der Waals surface area contributed by atoms with Crippen LogP contribution in [0.2, 0.25) is 0 Å². The van der Waals surface area contributed by atoms with E-state index in [0.29, 0.717) is 11.7 Å². The van der Waals surface area contributed by atoms with Crippen molar-refractivity contribution in [1.82, 2.24) is 10.5 Å². The maximum absolute atomic E-state index is 12.0. The zero-order valence-electron chi connectivity index (χ0n) is 11.5. The molecule has 1 amide bonds. The van der Waals surface area contributed by atoms with Gasteiger partial charge in [0.15, 0.2) is 11.5 Å². The van der Waals surface area contributed by atoms with Crippen LogP contribution in [0.3, 0.4) is 0 Å². The van der Waals surface area contributed by atoms with Crippen LogP contribution in [0.15, 0.2) is 28.1 Å². The number of aliphatic hydroxyl groups is 1. The quantitative estimate of drug-likeness (QED) is 0.858. The van der Waals surface area contributed by atoms with E-state index in [1.54, 1.807) is 6.07 Å². The van der Waals surface area contributed by atoms with E-state index in [4.69, 9.17) is 4.52 Å². The Morgan fingerprint density at radius 1 is 1.55 bits per heavy atom. The predicted molar refractivity (Wildman–Crippen MR) is 77.6 cm³/mol. The van der Waals surface area contributed by atoms with Crippen LogP contribution in [0.4, 0.5) is 0 Å². The number of carbonyl (C=O) groups excluding carboxylic acids is 1. The van der Waals surface area contributed by atoms with Crippen molar-refractivity contribution in [2.24, 2.45) is 5.92 Å². The lowest BCUT2D eigenvalue weighted by Crippen LogP contribution is -2.38. The van der Waals surface area contributed by atoms with Crippen LogP contribution in [-0.2, 0) is 0 Å². The zero-order chi connectivity index (χ0) is 14.5. The number of carbonyl (C=O) groups is 1.